The number of phenols is 1. The van der Waals surface area contributed by atoms with E-state index < -0.39 is 0 Å². The zero-order valence-electron chi connectivity index (χ0n) is 14.4. The van der Waals surface area contributed by atoms with E-state index in [1.807, 2.05) is 54.9 Å². The van der Waals surface area contributed by atoms with Gasteiger partial charge in [0.2, 0.25) is 0 Å². The number of benzene rings is 2. The molecular weight excluding hydrogens is 312 g/mol. The van der Waals surface area contributed by atoms with E-state index in [0.29, 0.717) is 12.8 Å². The molecule has 1 heterocycles. The second-order valence-corrected chi connectivity index (χ2v) is 6.74. The molecule has 4 heteroatoms. The maximum absolute atomic E-state index is 12.8. The van der Waals surface area contributed by atoms with E-state index >= 15 is 0 Å². The Morgan fingerprint density at radius 1 is 1.04 bits per heavy atom. The summed E-state index contributed by atoms with van der Waals surface area (Å²) in [4.78, 5) is 12.8. The molecule has 0 aliphatic heterocycles. The molecule has 0 saturated carbocycles. The Kier molecular flexibility index (Phi) is 3.68. The number of carbonyl (C=O) groups is 1. The van der Waals surface area contributed by atoms with Gasteiger partial charge >= 0.3 is 0 Å². The van der Waals surface area contributed by atoms with E-state index in [4.69, 9.17) is 0 Å². The van der Waals surface area contributed by atoms with E-state index in [9.17, 15) is 9.90 Å². The Bertz CT molecular complexity index is 955. The average Bonchev–Trinajstić information content (AvgIpc) is 2.93. The molecule has 4 rings (SSSR count). The van der Waals surface area contributed by atoms with Crippen molar-refractivity contribution >= 4 is 5.78 Å². The van der Waals surface area contributed by atoms with Gasteiger partial charge in [0, 0.05) is 12.3 Å². The van der Waals surface area contributed by atoms with Gasteiger partial charge in [-0.05, 0) is 44.0 Å². The second kappa shape index (κ2) is 5.88. The Hall–Kier alpha value is -2.88. The van der Waals surface area contributed by atoms with Crippen LogP contribution in [0.15, 0.2) is 48.5 Å². The van der Waals surface area contributed by atoms with Gasteiger partial charge in [0.25, 0.3) is 0 Å². The molecule has 0 radical (unpaired) electrons. The molecule has 3 aromatic rings. The van der Waals surface area contributed by atoms with Crippen molar-refractivity contribution in [3.05, 3.63) is 76.6 Å². The quantitative estimate of drug-likeness (QED) is 0.768. The number of rotatable bonds is 2. The molecule has 25 heavy (non-hydrogen) atoms. The van der Waals surface area contributed by atoms with Gasteiger partial charge in [-0.2, -0.15) is 5.10 Å². The molecule has 0 saturated heterocycles. The summed E-state index contributed by atoms with van der Waals surface area (Å²) in [6.07, 6.45) is 1.10. The van der Waals surface area contributed by atoms with E-state index in [1.165, 1.54) is 5.56 Å². The molecule has 126 valence electrons. The first-order chi connectivity index (χ1) is 12.0. The lowest BCUT2D eigenvalue weighted by Gasteiger charge is -2.23. The molecule has 1 aliphatic carbocycles. The minimum absolute atomic E-state index is 0.0264. The van der Waals surface area contributed by atoms with Crippen LogP contribution < -0.4 is 0 Å². The highest BCUT2D eigenvalue weighted by Crippen LogP contribution is 2.38. The van der Waals surface area contributed by atoms with Gasteiger partial charge in [-0.1, -0.05) is 35.9 Å². The van der Waals surface area contributed by atoms with Gasteiger partial charge in [0.15, 0.2) is 5.78 Å². The van der Waals surface area contributed by atoms with Crippen molar-refractivity contribution in [2.45, 2.75) is 32.6 Å². The van der Waals surface area contributed by atoms with Gasteiger partial charge in [0.1, 0.15) is 5.75 Å². The highest BCUT2D eigenvalue weighted by atomic mass is 16.3. The summed E-state index contributed by atoms with van der Waals surface area (Å²) in [5.41, 5.74) is 5.43. The number of Topliss-reactive ketones (excluding diaryl/α,β-unsaturated/α-hetero) is 1. The first-order valence-corrected chi connectivity index (χ1v) is 8.51. The summed E-state index contributed by atoms with van der Waals surface area (Å²) < 4.78 is 1.88. The predicted molar refractivity (Wildman–Crippen MR) is 96.5 cm³/mol. The molecular formula is C21H20N2O2. The largest absolute Gasteiger partial charge is 0.508 e. The number of hydrogen-bond acceptors (Lipinski definition) is 3. The topological polar surface area (TPSA) is 55.1 Å². The van der Waals surface area contributed by atoms with Crippen molar-refractivity contribution < 1.29 is 9.90 Å². The van der Waals surface area contributed by atoms with Crippen LogP contribution in [0.1, 0.15) is 45.2 Å². The number of fused-ring (bicyclic) bond motifs is 1. The van der Waals surface area contributed by atoms with Crippen LogP contribution in [0.3, 0.4) is 0 Å². The third kappa shape index (κ3) is 2.64. The third-order valence-electron chi connectivity index (χ3n) is 4.96. The third-order valence-corrected chi connectivity index (χ3v) is 4.96. The Morgan fingerprint density at radius 3 is 2.48 bits per heavy atom. The van der Waals surface area contributed by atoms with Gasteiger partial charge in [-0.3, -0.25) is 4.79 Å². The zero-order chi connectivity index (χ0) is 17.6. The number of aromatic hydroxyl groups is 1. The summed E-state index contributed by atoms with van der Waals surface area (Å²) in [5, 5.41) is 14.8. The molecule has 4 nitrogen and oxygen atoms in total. The smallest absolute Gasteiger partial charge is 0.167 e. The number of ketones is 1. The van der Waals surface area contributed by atoms with Crippen LogP contribution in [0, 0.1) is 13.8 Å². The van der Waals surface area contributed by atoms with Gasteiger partial charge < -0.3 is 5.11 Å². The first-order valence-electron chi connectivity index (χ1n) is 8.51. The van der Waals surface area contributed by atoms with Crippen molar-refractivity contribution in [1.82, 2.24) is 9.78 Å². The summed E-state index contributed by atoms with van der Waals surface area (Å²) in [6, 6.07) is 15.4. The maximum Gasteiger partial charge on any atom is 0.167 e. The zero-order valence-corrected chi connectivity index (χ0v) is 14.4. The number of phenolic OH excluding ortho intramolecular Hbond substituents is 1. The highest BCUT2D eigenvalue weighted by Gasteiger charge is 2.33. The standard InChI is InChI=1S/C21H20N2O2/c1-13-7-9-16(10-8-13)23-18-11-15(17-5-3-4-6-19(17)24)12-20(25)21(18)14(2)22-23/h3-10,15,24H,11-12H2,1-2H3/t15-/m1/s1. The molecule has 0 fully saturated rings. The lowest BCUT2D eigenvalue weighted by Crippen LogP contribution is -2.20. The molecule has 0 amide bonds. The predicted octanol–water partition coefficient (Wildman–Crippen LogP) is 4.11. The number of carbonyl (C=O) groups excluding carboxylic acids is 1. The number of aryl methyl sites for hydroxylation is 2. The maximum atomic E-state index is 12.8. The minimum atomic E-state index is -0.0264. The van der Waals surface area contributed by atoms with Gasteiger partial charge in [0.05, 0.1) is 22.6 Å². The van der Waals surface area contributed by atoms with Gasteiger partial charge in [-0.25, -0.2) is 4.68 Å². The molecule has 1 N–H and O–H groups in total. The Morgan fingerprint density at radius 2 is 1.76 bits per heavy atom. The number of hydrogen-bond donors (Lipinski definition) is 1. The van der Waals surface area contributed by atoms with Crippen LogP contribution in [-0.2, 0) is 6.42 Å². The molecule has 0 unspecified atom stereocenters. The molecule has 2 aromatic carbocycles. The van der Waals surface area contributed by atoms with Gasteiger partial charge in [-0.15, -0.1) is 0 Å². The summed E-state index contributed by atoms with van der Waals surface area (Å²) in [7, 11) is 0. The molecule has 1 atom stereocenters. The Labute approximate surface area is 146 Å². The fourth-order valence-corrected chi connectivity index (χ4v) is 3.71. The van der Waals surface area contributed by atoms with Crippen LogP contribution in [0.25, 0.3) is 5.69 Å². The number of aromatic nitrogens is 2. The molecule has 1 aromatic heterocycles. The SMILES string of the molecule is Cc1ccc(-n2nc(C)c3c2C[C@@H](c2ccccc2O)CC3=O)cc1. The van der Waals surface area contributed by atoms with Crippen LogP contribution in [0.5, 0.6) is 5.75 Å². The monoisotopic (exact) mass is 332 g/mol. The lowest BCUT2D eigenvalue weighted by molar-refractivity contribution is 0.0963. The molecule has 0 bridgehead atoms. The van der Waals surface area contributed by atoms with Crippen LogP contribution in [0.4, 0.5) is 0 Å². The van der Waals surface area contributed by atoms with Crippen LogP contribution in [0.2, 0.25) is 0 Å². The van der Waals surface area contributed by atoms with E-state index in [2.05, 4.69) is 5.10 Å². The fraction of sp³-hybridized carbons (Fsp3) is 0.238. The molecule has 1 aliphatic rings. The van der Waals surface area contributed by atoms with Crippen molar-refractivity contribution in [2.24, 2.45) is 0 Å². The van der Waals surface area contributed by atoms with Crippen LogP contribution >= 0.6 is 0 Å². The van der Waals surface area contributed by atoms with Crippen molar-refractivity contribution in [1.29, 1.82) is 0 Å². The van der Waals surface area contributed by atoms with Crippen molar-refractivity contribution in [3.8, 4) is 11.4 Å². The number of para-hydroxylation sites is 1. The van der Waals surface area contributed by atoms with Crippen molar-refractivity contribution in [2.75, 3.05) is 0 Å². The number of nitrogens with zero attached hydrogens (tertiary/aromatic N) is 2. The summed E-state index contributed by atoms with van der Waals surface area (Å²) in [6.45, 7) is 3.94. The lowest BCUT2D eigenvalue weighted by atomic mass is 9.81. The highest BCUT2D eigenvalue weighted by molar-refractivity contribution is 6.00. The summed E-state index contributed by atoms with van der Waals surface area (Å²) in [5.74, 6) is 0.328. The fourth-order valence-electron chi connectivity index (χ4n) is 3.71. The summed E-state index contributed by atoms with van der Waals surface area (Å²) >= 11 is 0. The molecule has 0 spiro atoms. The normalized spacial score (nSPS) is 16.7. The van der Waals surface area contributed by atoms with Crippen LogP contribution in [-0.4, -0.2) is 20.7 Å². The van der Waals surface area contributed by atoms with E-state index in [1.54, 1.807) is 12.1 Å². The van der Waals surface area contributed by atoms with E-state index in [0.717, 1.165) is 28.2 Å². The Balaban J connectivity index is 1.81. The first kappa shape index (κ1) is 15.6. The van der Waals surface area contributed by atoms with E-state index in [-0.39, 0.29) is 17.5 Å². The van der Waals surface area contributed by atoms with Crippen molar-refractivity contribution in [3.63, 3.8) is 0 Å². The average molecular weight is 332 g/mol. The minimum Gasteiger partial charge on any atom is -0.508 e. The second-order valence-electron chi connectivity index (χ2n) is 6.74.